The summed E-state index contributed by atoms with van der Waals surface area (Å²) in [7, 11) is -3.59. The second-order valence-electron chi connectivity index (χ2n) is 7.05. The molecule has 2 aromatic rings. The molecule has 27 heavy (non-hydrogen) atoms. The van der Waals surface area contributed by atoms with Crippen molar-refractivity contribution in [2.24, 2.45) is 0 Å². The second kappa shape index (κ2) is 8.57. The van der Waals surface area contributed by atoms with Crippen molar-refractivity contribution >= 4 is 21.6 Å². The molecule has 0 radical (unpaired) electrons. The Hall–Kier alpha value is -2.34. The van der Waals surface area contributed by atoms with E-state index in [2.05, 4.69) is 5.32 Å². The third-order valence-electron chi connectivity index (χ3n) is 4.41. The molecule has 0 unspecified atom stereocenters. The van der Waals surface area contributed by atoms with Crippen molar-refractivity contribution in [1.29, 1.82) is 0 Å². The van der Waals surface area contributed by atoms with Gasteiger partial charge in [0.25, 0.3) is 0 Å². The zero-order valence-electron chi connectivity index (χ0n) is 16.6. The van der Waals surface area contributed by atoms with Gasteiger partial charge in [0.15, 0.2) is 0 Å². The first-order valence-electron chi connectivity index (χ1n) is 9.02. The topological polar surface area (TPSA) is 66.5 Å². The first-order valence-corrected chi connectivity index (χ1v) is 10.9. The lowest BCUT2D eigenvalue weighted by Gasteiger charge is -2.25. The molecule has 2 rings (SSSR count). The Labute approximate surface area is 162 Å². The molecular formula is C21H28N2O3S. The summed E-state index contributed by atoms with van der Waals surface area (Å²) in [4.78, 5) is 12.6. The van der Waals surface area contributed by atoms with Crippen LogP contribution in [0, 0.1) is 20.8 Å². The highest BCUT2D eigenvalue weighted by Crippen LogP contribution is 2.22. The lowest BCUT2D eigenvalue weighted by molar-refractivity contribution is -0.120. The molecule has 0 saturated carbocycles. The van der Waals surface area contributed by atoms with E-state index in [0.29, 0.717) is 5.69 Å². The van der Waals surface area contributed by atoms with Crippen molar-refractivity contribution < 1.29 is 13.2 Å². The van der Waals surface area contributed by atoms with E-state index in [1.807, 2.05) is 58.0 Å². The van der Waals surface area contributed by atoms with E-state index in [1.165, 1.54) is 0 Å². The van der Waals surface area contributed by atoms with Gasteiger partial charge in [-0.1, -0.05) is 42.8 Å². The van der Waals surface area contributed by atoms with Crippen LogP contribution in [-0.2, 0) is 14.8 Å². The third kappa shape index (κ3) is 5.82. The number of amides is 1. The van der Waals surface area contributed by atoms with Gasteiger partial charge in [-0.05, 0) is 56.0 Å². The van der Waals surface area contributed by atoms with Crippen LogP contribution in [0.2, 0.25) is 0 Å². The highest BCUT2D eigenvalue weighted by Gasteiger charge is 2.23. The molecule has 0 bridgehead atoms. The molecule has 2 aromatic carbocycles. The Balaban J connectivity index is 2.21. The highest BCUT2D eigenvalue weighted by molar-refractivity contribution is 7.92. The predicted molar refractivity (Wildman–Crippen MR) is 110 cm³/mol. The van der Waals surface area contributed by atoms with Crippen molar-refractivity contribution in [2.75, 3.05) is 17.1 Å². The van der Waals surface area contributed by atoms with E-state index < -0.39 is 10.0 Å². The molecule has 0 aliphatic rings. The highest BCUT2D eigenvalue weighted by atomic mass is 32.2. The number of benzene rings is 2. The molecule has 1 atom stereocenters. The summed E-state index contributed by atoms with van der Waals surface area (Å²) in [5.41, 5.74) is 4.57. The van der Waals surface area contributed by atoms with Crippen LogP contribution in [-0.4, -0.2) is 27.1 Å². The molecule has 0 aromatic heterocycles. The molecule has 6 heteroatoms. The molecular weight excluding hydrogens is 360 g/mol. The summed E-state index contributed by atoms with van der Waals surface area (Å²) in [6.07, 6.45) is 1.84. The Morgan fingerprint density at radius 3 is 2.04 bits per heavy atom. The summed E-state index contributed by atoms with van der Waals surface area (Å²) in [6, 6.07) is 13.3. The first-order chi connectivity index (χ1) is 12.6. The van der Waals surface area contributed by atoms with E-state index in [-0.39, 0.29) is 18.5 Å². The molecule has 0 heterocycles. The van der Waals surface area contributed by atoms with Crippen molar-refractivity contribution in [3.63, 3.8) is 0 Å². The Bertz CT molecular complexity index is 885. The maximum atomic E-state index is 12.6. The fourth-order valence-electron chi connectivity index (χ4n) is 3.08. The van der Waals surface area contributed by atoms with Crippen LogP contribution in [0.1, 0.15) is 41.6 Å². The molecule has 0 saturated heterocycles. The zero-order chi connectivity index (χ0) is 20.2. The number of aryl methyl sites for hydroxylation is 3. The van der Waals surface area contributed by atoms with E-state index in [0.717, 1.165) is 39.2 Å². The van der Waals surface area contributed by atoms with Crippen LogP contribution >= 0.6 is 0 Å². The standard InChI is InChI=1S/C21H28N2O3S/c1-6-20(18-9-7-15(2)8-10-18)22-21(24)14-23(27(5,25)26)19-12-16(3)11-17(4)13-19/h7-13,20H,6,14H2,1-5H3,(H,22,24)/t20-/m0/s1. The number of nitrogens with zero attached hydrogens (tertiary/aromatic N) is 1. The maximum Gasteiger partial charge on any atom is 0.241 e. The van der Waals surface area contributed by atoms with Gasteiger partial charge in [-0.15, -0.1) is 0 Å². The van der Waals surface area contributed by atoms with Gasteiger partial charge in [0.1, 0.15) is 6.54 Å². The predicted octanol–water partition coefficient (Wildman–Crippen LogP) is 3.65. The number of nitrogens with one attached hydrogen (secondary N) is 1. The Morgan fingerprint density at radius 2 is 1.56 bits per heavy atom. The largest absolute Gasteiger partial charge is 0.348 e. The number of hydrogen-bond donors (Lipinski definition) is 1. The van der Waals surface area contributed by atoms with Crippen LogP contribution in [0.25, 0.3) is 0 Å². The summed E-state index contributed by atoms with van der Waals surface area (Å²) in [5, 5.41) is 2.96. The molecule has 146 valence electrons. The quantitative estimate of drug-likeness (QED) is 0.787. The summed E-state index contributed by atoms with van der Waals surface area (Å²) >= 11 is 0. The number of carbonyl (C=O) groups excluding carboxylic acids is 1. The second-order valence-corrected chi connectivity index (χ2v) is 8.96. The molecule has 0 aliphatic carbocycles. The SMILES string of the molecule is CC[C@H](NC(=O)CN(c1cc(C)cc(C)c1)S(C)(=O)=O)c1ccc(C)cc1. The molecule has 0 spiro atoms. The minimum absolute atomic E-state index is 0.154. The Morgan fingerprint density at radius 1 is 1.00 bits per heavy atom. The van der Waals surface area contributed by atoms with Gasteiger partial charge < -0.3 is 5.32 Å². The van der Waals surface area contributed by atoms with Crippen LogP contribution in [0.15, 0.2) is 42.5 Å². The molecule has 1 N–H and O–H groups in total. The fraction of sp³-hybridized carbons (Fsp3) is 0.381. The lowest BCUT2D eigenvalue weighted by Crippen LogP contribution is -2.41. The van der Waals surface area contributed by atoms with Crippen molar-refractivity contribution in [1.82, 2.24) is 5.32 Å². The number of hydrogen-bond acceptors (Lipinski definition) is 3. The van der Waals surface area contributed by atoms with E-state index >= 15 is 0 Å². The summed E-state index contributed by atoms with van der Waals surface area (Å²) in [6.45, 7) is 7.56. The van der Waals surface area contributed by atoms with Crippen molar-refractivity contribution in [2.45, 2.75) is 40.2 Å². The average Bonchev–Trinajstić information content (AvgIpc) is 2.56. The summed E-state index contributed by atoms with van der Waals surface area (Å²) < 4.78 is 25.8. The van der Waals surface area contributed by atoms with Gasteiger partial charge in [-0.2, -0.15) is 0 Å². The summed E-state index contributed by atoms with van der Waals surface area (Å²) in [5.74, 6) is -0.327. The first kappa shape index (κ1) is 21.0. The monoisotopic (exact) mass is 388 g/mol. The van der Waals surface area contributed by atoms with Gasteiger partial charge in [-0.25, -0.2) is 8.42 Å². The number of rotatable bonds is 7. The fourth-order valence-corrected chi connectivity index (χ4v) is 3.93. The molecule has 0 aliphatic heterocycles. The van der Waals surface area contributed by atoms with Gasteiger partial charge in [0.2, 0.25) is 15.9 Å². The van der Waals surface area contributed by atoms with Crippen molar-refractivity contribution in [3.05, 3.63) is 64.7 Å². The van der Waals surface area contributed by atoms with E-state index in [1.54, 1.807) is 12.1 Å². The van der Waals surface area contributed by atoms with Gasteiger partial charge in [0, 0.05) is 0 Å². The van der Waals surface area contributed by atoms with Crippen molar-refractivity contribution in [3.8, 4) is 0 Å². The van der Waals surface area contributed by atoms with Crippen LogP contribution in [0.4, 0.5) is 5.69 Å². The zero-order valence-corrected chi connectivity index (χ0v) is 17.4. The molecule has 0 fully saturated rings. The van der Waals surface area contributed by atoms with Gasteiger partial charge in [-0.3, -0.25) is 9.10 Å². The molecule has 1 amide bonds. The third-order valence-corrected chi connectivity index (χ3v) is 5.55. The van der Waals surface area contributed by atoms with Crippen LogP contribution in [0.5, 0.6) is 0 Å². The molecule has 5 nitrogen and oxygen atoms in total. The minimum Gasteiger partial charge on any atom is -0.348 e. The minimum atomic E-state index is -3.59. The van der Waals surface area contributed by atoms with Gasteiger partial charge in [0.05, 0.1) is 18.0 Å². The number of sulfonamides is 1. The smallest absolute Gasteiger partial charge is 0.241 e. The maximum absolute atomic E-state index is 12.6. The normalized spacial score (nSPS) is 12.5. The van der Waals surface area contributed by atoms with E-state index in [9.17, 15) is 13.2 Å². The van der Waals surface area contributed by atoms with Gasteiger partial charge >= 0.3 is 0 Å². The average molecular weight is 389 g/mol. The lowest BCUT2D eigenvalue weighted by atomic mass is 10.0. The van der Waals surface area contributed by atoms with Crippen LogP contribution < -0.4 is 9.62 Å². The van der Waals surface area contributed by atoms with Crippen LogP contribution in [0.3, 0.4) is 0 Å². The number of anilines is 1. The Kier molecular flexibility index (Phi) is 6.65. The van der Waals surface area contributed by atoms with E-state index in [4.69, 9.17) is 0 Å². The number of carbonyl (C=O) groups is 1.